The predicted molar refractivity (Wildman–Crippen MR) is 78.6 cm³/mol. The average Bonchev–Trinajstić information content (AvgIpc) is 3.14. The summed E-state index contributed by atoms with van der Waals surface area (Å²) in [6, 6.07) is 3.96. The molecule has 1 fully saturated rings. The molecule has 20 heavy (non-hydrogen) atoms. The Morgan fingerprint density at radius 3 is 2.65 bits per heavy atom. The zero-order valence-electron chi connectivity index (χ0n) is 12.1. The molecule has 0 amide bonds. The molecule has 3 rings (SSSR count). The van der Waals surface area contributed by atoms with E-state index in [4.69, 9.17) is 10.2 Å². The van der Waals surface area contributed by atoms with Gasteiger partial charge >= 0.3 is 0 Å². The Kier molecular flexibility index (Phi) is 3.12. The maximum atomic E-state index is 5.86. The normalized spacial score (nSPS) is 16.1. The first-order valence-corrected chi connectivity index (χ1v) is 7.01. The summed E-state index contributed by atoms with van der Waals surface area (Å²) in [5, 5.41) is 3.39. The predicted octanol–water partition coefficient (Wildman–Crippen LogP) is 3.32. The highest BCUT2D eigenvalue weighted by atomic mass is 16.3. The van der Waals surface area contributed by atoms with Crippen molar-refractivity contribution in [3.63, 3.8) is 0 Å². The van der Waals surface area contributed by atoms with Gasteiger partial charge in [-0.25, -0.2) is 9.97 Å². The SMILES string of the molecule is Cc1cc(C(C)Nc2cc(N)nc(C3CC3)n2)c(C)o1. The summed E-state index contributed by atoms with van der Waals surface area (Å²) in [5.41, 5.74) is 7.01. The Morgan fingerprint density at radius 1 is 1.30 bits per heavy atom. The van der Waals surface area contributed by atoms with Gasteiger partial charge in [-0.2, -0.15) is 0 Å². The van der Waals surface area contributed by atoms with Gasteiger partial charge in [-0.3, -0.25) is 0 Å². The fourth-order valence-electron chi connectivity index (χ4n) is 2.46. The number of nitrogens with one attached hydrogen (secondary N) is 1. The third-order valence-electron chi connectivity index (χ3n) is 3.62. The fraction of sp³-hybridized carbons (Fsp3) is 0.467. The molecule has 2 aromatic heterocycles. The van der Waals surface area contributed by atoms with Crippen LogP contribution < -0.4 is 11.1 Å². The summed E-state index contributed by atoms with van der Waals surface area (Å²) in [6.07, 6.45) is 2.33. The fourth-order valence-corrected chi connectivity index (χ4v) is 2.46. The molecule has 1 aliphatic rings. The number of rotatable bonds is 4. The van der Waals surface area contributed by atoms with E-state index in [0.29, 0.717) is 11.7 Å². The van der Waals surface area contributed by atoms with Crippen molar-refractivity contribution in [2.75, 3.05) is 11.1 Å². The first kappa shape index (κ1) is 13.0. The Labute approximate surface area is 118 Å². The van der Waals surface area contributed by atoms with Crippen LogP contribution in [0.15, 0.2) is 16.5 Å². The standard InChI is InChI=1S/C15H20N4O/c1-8-6-12(10(3)20-8)9(2)17-14-7-13(16)18-15(19-14)11-4-5-11/h6-7,9,11H,4-5H2,1-3H3,(H3,16,17,18,19). The van der Waals surface area contributed by atoms with Crippen LogP contribution in [0.25, 0.3) is 0 Å². The van der Waals surface area contributed by atoms with Crippen molar-refractivity contribution < 1.29 is 4.42 Å². The van der Waals surface area contributed by atoms with E-state index in [1.165, 1.54) is 12.8 Å². The minimum atomic E-state index is 0.119. The van der Waals surface area contributed by atoms with Crippen molar-refractivity contribution in [2.24, 2.45) is 0 Å². The molecule has 2 aromatic rings. The van der Waals surface area contributed by atoms with E-state index in [0.717, 1.165) is 28.7 Å². The zero-order valence-corrected chi connectivity index (χ0v) is 12.1. The number of nitrogen functional groups attached to an aromatic ring is 1. The lowest BCUT2D eigenvalue weighted by molar-refractivity contribution is 0.499. The topological polar surface area (TPSA) is 77.0 Å². The molecule has 0 saturated heterocycles. The summed E-state index contributed by atoms with van der Waals surface area (Å²) in [5.74, 6) is 4.52. The largest absolute Gasteiger partial charge is 0.466 e. The van der Waals surface area contributed by atoms with Crippen molar-refractivity contribution >= 4 is 11.6 Å². The number of furan rings is 1. The Balaban J connectivity index is 1.81. The maximum Gasteiger partial charge on any atom is 0.136 e. The molecule has 0 spiro atoms. The minimum Gasteiger partial charge on any atom is -0.466 e. The van der Waals surface area contributed by atoms with Gasteiger partial charge in [0.05, 0.1) is 6.04 Å². The number of aromatic nitrogens is 2. The second-order valence-corrected chi connectivity index (χ2v) is 5.55. The van der Waals surface area contributed by atoms with Crippen molar-refractivity contribution in [2.45, 2.75) is 45.6 Å². The van der Waals surface area contributed by atoms with Gasteiger partial charge in [0.2, 0.25) is 0 Å². The summed E-state index contributed by atoms with van der Waals surface area (Å²) in [4.78, 5) is 8.87. The molecule has 1 aliphatic carbocycles. The molecule has 0 aliphatic heterocycles. The first-order chi connectivity index (χ1) is 9.52. The van der Waals surface area contributed by atoms with Crippen LogP contribution in [0.5, 0.6) is 0 Å². The maximum absolute atomic E-state index is 5.86. The molecular formula is C15H20N4O. The quantitative estimate of drug-likeness (QED) is 0.892. The van der Waals surface area contributed by atoms with Crippen LogP contribution in [0.2, 0.25) is 0 Å². The van der Waals surface area contributed by atoms with Crippen LogP contribution in [0.4, 0.5) is 11.6 Å². The average molecular weight is 272 g/mol. The van der Waals surface area contributed by atoms with Gasteiger partial charge in [0.15, 0.2) is 0 Å². The van der Waals surface area contributed by atoms with Crippen LogP contribution in [0, 0.1) is 13.8 Å². The number of anilines is 2. The van der Waals surface area contributed by atoms with Gasteiger partial charge in [0.25, 0.3) is 0 Å². The summed E-state index contributed by atoms with van der Waals surface area (Å²) < 4.78 is 5.57. The van der Waals surface area contributed by atoms with E-state index in [1.54, 1.807) is 6.07 Å². The van der Waals surface area contributed by atoms with E-state index >= 15 is 0 Å². The van der Waals surface area contributed by atoms with Gasteiger partial charge < -0.3 is 15.5 Å². The molecule has 1 atom stereocenters. The van der Waals surface area contributed by atoms with Crippen molar-refractivity contribution in [1.82, 2.24) is 9.97 Å². The molecule has 1 saturated carbocycles. The molecule has 0 bridgehead atoms. The highest BCUT2D eigenvalue weighted by Gasteiger charge is 2.27. The molecule has 5 heteroatoms. The lowest BCUT2D eigenvalue weighted by Crippen LogP contribution is -2.10. The van der Waals surface area contributed by atoms with E-state index in [2.05, 4.69) is 28.3 Å². The zero-order chi connectivity index (χ0) is 14.3. The van der Waals surface area contributed by atoms with Gasteiger partial charge in [0, 0.05) is 17.5 Å². The highest BCUT2D eigenvalue weighted by Crippen LogP contribution is 2.38. The molecule has 0 radical (unpaired) electrons. The van der Waals surface area contributed by atoms with Gasteiger partial charge in [-0.15, -0.1) is 0 Å². The summed E-state index contributed by atoms with van der Waals surface area (Å²) >= 11 is 0. The van der Waals surface area contributed by atoms with Crippen LogP contribution in [-0.2, 0) is 0 Å². The molecular weight excluding hydrogens is 252 g/mol. The second-order valence-electron chi connectivity index (χ2n) is 5.55. The van der Waals surface area contributed by atoms with E-state index < -0.39 is 0 Å². The van der Waals surface area contributed by atoms with Crippen LogP contribution in [0.3, 0.4) is 0 Å². The smallest absolute Gasteiger partial charge is 0.136 e. The van der Waals surface area contributed by atoms with Crippen LogP contribution in [0.1, 0.15) is 54.6 Å². The van der Waals surface area contributed by atoms with E-state index in [-0.39, 0.29) is 6.04 Å². The Morgan fingerprint density at radius 2 is 2.05 bits per heavy atom. The molecule has 1 unspecified atom stereocenters. The first-order valence-electron chi connectivity index (χ1n) is 7.01. The molecule has 2 heterocycles. The van der Waals surface area contributed by atoms with Crippen LogP contribution in [-0.4, -0.2) is 9.97 Å². The highest BCUT2D eigenvalue weighted by molar-refractivity contribution is 5.47. The number of nitrogens with two attached hydrogens (primary N) is 1. The monoisotopic (exact) mass is 272 g/mol. The van der Waals surface area contributed by atoms with Gasteiger partial charge in [0.1, 0.15) is 29.0 Å². The van der Waals surface area contributed by atoms with Gasteiger partial charge in [-0.05, 0) is 39.7 Å². The number of hydrogen-bond acceptors (Lipinski definition) is 5. The summed E-state index contributed by atoms with van der Waals surface area (Å²) in [6.45, 7) is 6.02. The lowest BCUT2D eigenvalue weighted by Gasteiger charge is -2.14. The number of hydrogen-bond donors (Lipinski definition) is 2. The third kappa shape index (κ3) is 2.61. The second kappa shape index (κ2) is 4.81. The summed E-state index contributed by atoms with van der Waals surface area (Å²) in [7, 11) is 0. The minimum absolute atomic E-state index is 0.119. The Hall–Kier alpha value is -2.04. The Bertz CT molecular complexity index is 631. The van der Waals surface area contributed by atoms with Crippen molar-refractivity contribution in [1.29, 1.82) is 0 Å². The van der Waals surface area contributed by atoms with E-state index in [9.17, 15) is 0 Å². The number of aryl methyl sites for hydroxylation is 2. The molecule has 5 nitrogen and oxygen atoms in total. The van der Waals surface area contributed by atoms with Gasteiger partial charge in [-0.1, -0.05) is 0 Å². The molecule has 0 aromatic carbocycles. The van der Waals surface area contributed by atoms with E-state index in [1.807, 2.05) is 13.8 Å². The molecule has 106 valence electrons. The third-order valence-corrected chi connectivity index (χ3v) is 3.62. The number of nitrogens with zero attached hydrogens (tertiary/aromatic N) is 2. The lowest BCUT2D eigenvalue weighted by atomic mass is 10.1. The molecule has 3 N–H and O–H groups in total. The van der Waals surface area contributed by atoms with Crippen molar-refractivity contribution in [3.8, 4) is 0 Å². The van der Waals surface area contributed by atoms with Crippen molar-refractivity contribution in [3.05, 3.63) is 35.0 Å². The van der Waals surface area contributed by atoms with Crippen LogP contribution >= 0.6 is 0 Å².